The van der Waals surface area contributed by atoms with Gasteiger partial charge in [0.15, 0.2) is 0 Å². The van der Waals surface area contributed by atoms with Crippen LogP contribution < -0.4 is 5.73 Å². The van der Waals surface area contributed by atoms with E-state index >= 15 is 0 Å². The van der Waals surface area contributed by atoms with Gasteiger partial charge in [-0.2, -0.15) is 0 Å². The Bertz CT molecular complexity index is 390. The van der Waals surface area contributed by atoms with Gasteiger partial charge in [-0.3, -0.25) is 0 Å². The summed E-state index contributed by atoms with van der Waals surface area (Å²) in [6.45, 7) is 0.958. The lowest BCUT2D eigenvalue weighted by atomic mass is 9.99. The van der Waals surface area contributed by atoms with Gasteiger partial charge in [0.1, 0.15) is 11.4 Å². The lowest BCUT2D eigenvalue weighted by Gasteiger charge is -2.18. The Morgan fingerprint density at radius 3 is 3.14 bits per heavy atom. The van der Waals surface area contributed by atoms with Gasteiger partial charge >= 0.3 is 5.97 Å². The predicted octanol–water partition coefficient (Wildman–Crippen LogP) is 0.435. The minimum Gasteiger partial charge on any atom is -0.478 e. The molecule has 0 aliphatic carbocycles. The molecule has 0 saturated carbocycles. The zero-order valence-corrected chi connectivity index (χ0v) is 7.49. The van der Waals surface area contributed by atoms with Crippen LogP contribution in [0.25, 0.3) is 0 Å². The van der Waals surface area contributed by atoms with Crippen LogP contribution in [0.5, 0.6) is 0 Å². The van der Waals surface area contributed by atoms with E-state index in [1.807, 2.05) is 0 Å². The third kappa shape index (κ3) is 1.31. The van der Waals surface area contributed by atoms with E-state index in [0.29, 0.717) is 19.6 Å². The van der Waals surface area contributed by atoms with Crippen molar-refractivity contribution < 1.29 is 14.6 Å². The van der Waals surface area contributed by atoms with Crippen LogP contribution in [0.2, 0.25) is 0 Å². The second kappa shape index (κ2) is 3.26. The number of pyridine rings is 1. The molecule has 0 amide bonds. The zero-order chi connectivity index (χ0) is 10.1. The second-order valence-corrected chi connectivity index (χ2v) is 3.13. The van der Waals surface area contributed by atoms with Crippen LogP contribution in [0, 0.1) is 0 Å². The van der Waals surface area contributed by atoms with E-state index in [1.165, 1.54) is 0 Å². The number of aromatic nitrogens is 1. The highest BCUT2D eigenvalue weighted by molar-refractivity contribution is 5.94. The van der Waals surface area contributed by atoms with E-state index in [0.717, 1.165) is 11.1 Å². The normalized spacial score (nSPS) is 14.9. The molecular formula is C9H10N2O3. The first-order valence-electron chi connectivity index (χ1n) is 4.27. The number of fused-ring (bicyclic) bond motifs is 1. The number of nitrogens with zero attached hydrogens (tertiary/aromatic N) is 1. The van der Waals surface area contributed by atoms with Gasteiger partial charge in [-0.05, 0) is 12.0 Å². The van der Waals surface area contributed by atoms with Crippen molar-refractivity contribution in [1.82, 2.24) is 4.98 Å². The summed E-state index contributed by atoms with van der Waals surface area (Å²) in [5.74, 6) is -0.938. The molecule has 5 nitrogen and oxygen atoms in total. The molecule has 74 valence electrons. The first kappa shape index (κ1) is 8.96. The highest BCUT2D eigenvalue weighted by Crippen LogP contribution is 2.23. The minimum atomic E-state index is -1.02. The van der Waals surface area contributed by atoms with E-state index in [4.69, 9.17) is 15.6 Å². The summed E-state index contributed by atoms with van der Waals surface area (Å²) >= 11 is 0. The van der Waals surface area contributed by atoms with Gasteiger partial charge in [-0.1, -0.05) is 0 Å². The molecule has 1 aliphatic heterocycles. The van der Waals surface area contributed by atoms with Crippen LogP contribution in [0.3, 0.4) is 0 Å². The van der Waals surface area contributed by atoms with Crippen molar-refractivity contribution in [2.45, 2.75) is 13.0 Å². The van der Waals surface area contributed by atoms with Gasteiger partial charge in [-0.15, -0.1) is 0 Å². The van der Waals surface area contributed by atoms with Gasteiger partial charge in [0, 0.05) is 11.8 Å². The Hall–Kier alpha value is -1.62. The monoisotopic (exact) mass is 194 g/mol. The number of ether oxygens (including phenoxy) is 1. The van der Waals surface area contributed by atoms with Gasteiger partial charge in [0.2, 0.25) is 0 Å². The van der Waals surface area contributed by atoms with E-state index in [9.17, 15) is 4.79 Å². The molecule has 0 unspecified atom stereocenters. The van der Waals surface area contributed by atoms with Crippen LogP contribution >= 0.6 is 0 Å². The predicted molar refractivity (Wildman–Crippen MR) is 49.0 cm³/mol. The average molecular weight is 194 g/mol. The van der Waals surface area contributed by atoms with E-state index in [-0.39, 0.29) is 11.4 Å². The molecule has 2 rings (SSSR count). The van der Waals surface area contributed by atoms with Gasteiger partial charge in [0.25, 0.3) is 0 Å². The summed E-state index contributed by atoms with van der Waals surface area (Å²) < 4.78 is 5.20. The molecule has 2 heterocycles. The molecular weight excluding hydrogens is 184 g/mol. The maximum absolute atomic E-state index is 10.9. The zero-order valence-electron chi connectivity index (χ0n) is 7.49. The van der Waals surface area contributed by atoms with Crippen LogP contribution in [-0.2, 0) is 17.8 Å². The second-order valence-electron chi connectivity index (χ2n) is 3.13. The van der Waals surface area contributed by atoms with Crippen molar-refractivity contribution in [3.05, 3.63) is 22.9 Å². The fourth-order valence-electron chi connectivity index (χ4n) is 1.61. The smallest absolute Gasteiger partial charge is 0.339 e. The van der Waals surface area contributed by atoms with Gasteiger partial charge < -0.3 is 15.6 Å². The Labute approximate surface area is 80.5 Å². The van der Waals surface area contributed by atoms with Gasteiger partial charge in [-0.25, -0.2) is 9.78 Å². The van der Waals surface area contributed by atoms with Crippen molar-refractivity contribution in [3.8, 4) is 0 Å². The number of nitrogens with two attached hydrogens (primary N) is 1. The molecule has 3 N–H and O–H groups in total. The van der Waals surface area contributed by atoms with Crippen LogP contribution in [-0.4, -0.2) is 22.7 Å². The standard InChI is InChI=1S/C9H10N2O3/c10-8-7(9(12)13)6-1-2-14-4-5(6)3-11-8/h3H,1-2,4H2,(H2,10,11)(H,12,13). The number of rotatable bonds is 1. The van der Waals surface area contributed by atoms with Crippen LogP contribution in [0.4, 0.5) is 5.82 Å². The van der Waals surface area contributed by atoms with Crippen molar-refractivity contribution >= 4 is 11.8 Å². The molecule has 0 atom stereocenters. The summed E-state index contributed by atoms with van der Waals surface area (Å²) in [7, 11) is 0. The number of hydrogen-bond acceptors (Lipinski definition) is 4. The third-order valence-corrected chi connectivity index (χ3v) is 2.27. The molecule has 0 radical (unpaired) electrons. The van der Waals surface area contributed by atoms with Gasteiger partial charge in [0.05, 0.1) is 13.2 Å². The van der Waals surface area contributed by atoms with Crippen molar-refractivity contribution in [2.75, 3.05) is 12.3 Å². The molecule has 0 fully saturated rings. The number of carboxylic acids is 1. The Kier molecular flexibility index (Phi) is 2.09. The Morgan fingerprint density at radius 1 is 1.64 bits per heavy atom. The fraction of sp³-hybridized carbons (Fsp3) is 0.333. The molecule has 0 bridgehead atoms. The summed E-state index contributed by atoms with van der Waals surface area (Å²) in [5, 5.41) is 8.96. The molecule has 14 heavy (non-hydrogen) atoms. The molecule has 1 aromatic heterocycles. The minimum absolute atomic E-state index is 0.0816. The fourth-order valence-corrected chi connectivity index (χ4v) is 1.61. The van der Waals surface area contributed by atoms with Crippen molar-refractivity contribution in [3.63, 3.8) is 0 Å². The molecule has 1 aromatic rings. The SMILES string of the molecule is Nc1ncc2c(c1C(=O)O)CCOC2. The molecule has 5 heteroatoms. The van der Waals surface area contributed by atoms with Crippen LogP contribution in [0.1, 0.15) is 21.5 Å². The van der Waals surface area contributed by atoms with E-state index < -0.39 is 5.97 Å². The number of carboxylic acid groups (broad SMARTS) is 1. The first-order chi connectivity index (χ1) is 6.70. The number of hydrogen-bond donors (Lipinski definition) is 2. The topological polar surface area (TPSA) is 85.4 Å². The van der Waals surface area contributed by atoms with Crippen molar-refractivity contribution in [1.29, 1.82) is 0 Å². The lowest BCUT2D eigenvalue weighted by Crippen LogP contribution is -2.17. The summed E-state index contributed by atoms with van der Waals surface area (Å²) in [4.78, 5) is 14.8. The number of anilines is 1. The largest absolute Gasteiger partial charge is 0.478 e. The Balaban J connectivity index is 2.60. The molecule has 1 aliphatic rings. The van der Waals surface area contributed by atoms with Crippen molar-refractivity contribution in [2.24, 2.45) is 0 Å². The molecule has 0 aromatic carbocycles. The number of aromatic carboxylic acids is 1. The number of carbonyl (C=O) groups is 1. The molecule has 0 saturated heterocycles. The lowest BCUT2D eigenvalue weighted by molar-refractivity contribution is 0.0691. The maximum Gasteiger partial charge on any atom is 0.339 e. The summed E-state index contributed by atoms with van der Waals surface area (Å²) in [5.41, 5.74) is 7.23. The van der Waals surface area contributed by atoms with E-state index in [2.05, 4.69) is 4.98 Å². The summed E-state index contributed by atoms with van der Waals surface area (Å²) in [6.07, 6.45) is 2.17. The quantitative estimate of drug-likeness (QED) is 0.677. The molecule has 0 spiro atoms. The van der Waals surface area contributed by atoms with E-state index in [1.54, 1.807) is 6.20 Å². The third-order valence-electron chi connectivity index (χ3n) is 2.27. The number of nitrogen functional groups attached to an aromatic ring is 1. The summed E-state index contributed by atoms with van der Waals surface area (Å²) in [6, 6.07) is 0. The highest BCUT2D eigenvalue weighted by Gasteiger charge is 2.21. The maximum atomic E-state index is 10.9. The highest BCUT2D eigenvalue weighted by atomic mass is 16.5. The first-order valence-corrected chi connectivity index (χ1v) is 4.27. The average Bonchev–Trinajstić information content (AvgIpc) is 2.17. The Morgan fingerprint density at radius 2 is 2.43 bits per heavy atom. The van der Waals surface area contributed by atoms with Crippen LogP contribution in [0.15, 0.2) is 6.20 Å².